The van der Waals surface area contributed by atoms with Gasteiger partial charge in [-0.25, -0.2) is 0 Å². The smallest absolute Gasteiger partial charge is 0.122 e. The Morgan fingerprint density at radius 2 is 1.81 bits per heavy atom. The molecule has 0 bridgehead atoms. The summed E-state index contributed by atoms with van der Waals surface area (Å²) >= 11 is 0. The molecule has 1 aromatic heterocycles. The third-order valence-electron chi connectivity index (χ3n) is 5.10. The quantitative estimate of drug-likeness (QED) is 0.851. The number of para-hydroxylation sites is 1. The van der Waals surface area contributed by atoms with Crippen molar-refractivity contribution in [1.29, 1.82) is 0 Å². The number of ether oxygens (including phenoxy) is 1. The van der Waals surface area contributed by atoms with Crippen LogP contribution in [0.25, 0.3) is 0 Å². The molecule has 0 amide bonds. The number of hydrogen-bond acceptors (Lipinski definition) is 5. The zero-order valence-corrected chi connectivity index (χ0v) is 15.8. The first-order chi connectivity index (χ1) is 13.2. The lowest BCUT2D eigenvalue weighted by atomic mass is 10.0. The standard InChI is InChI=1S/C22H30N2O3/c25-20-12-15-24(16-19-10-5-6-13-23-19)14-7-1-2-8-18-9-3-4-11-22(18)27-17-21(20)26/h3-6,9-11,13,20-21,25-26H,1-2,7-8,12,14-17H2/t20-,21+/m0/s1. The van der Waals surface area contributed by atoms with Gasteiger partial charge in [0.2, 0.25) is 0 Å². The van der Waals surface area contributed by atoms with Crippen LogP contribution in [-0.4, -0.2) is 52.0 Å². The Balaban J connectivity index is 1.65. The van der Waals surface area contributed by atoms with Crippen LogP contribution in [0.2, 0.25) is 0 Å². The molecule has 1 aliphatic rings. The number of aryl methyl sites for hydroxylation is 1. The first-order valence-electron chi connectivity index (χ1n) is 9.91. The highest BCUT2D eigenvalue weighted by Gasteiger charge is 2.19. The van der Waals surface area contributed by atoms with Gasteiger partial charge in [-0.15, -0.1) is 0 Å². The molecule has 2 aromatic rings. The molecule has 146 valence electrons. The molecule has 5 heteroatoms. The van der Waals surface area contributed by atoms with Crippen LogP contribution < -0.4 is 4.74 Å². The summed E-state index contributed by atoms with van der Waals surface area (Å²) in [4.78, 5) is 6.73. The largest absolute Gasteiger partial charge is 0.491 e. The maximum absolute atomic E-state index is 10.3. The molecular formula is C22H30N2O3. The van der Waals surface area contributed by atoms with E-state index in [2.05, 4.69) is 16.0 Å². The second-order valence-corrected chi connectivity index (χ2v) is 7.25. The van der Waals surface area contributed by atoms with Crippen molar-refractivity contribution in [3.63, 3.8) is 0 Å². The van der Waals surface area contributed by atoms with E-state index >= 15 is 0 Å². The van der Waals surface area contributed by atoms with E-state index in [-0.39, 0.29) is 6.61 Å². The summed E-state index contributed by atoms with van der Waals surface area (Å²) in [7, 11) is 0. The van der Waals surface area contributed by atoms with E-state index < -0.39 is 12.2 Å². The van der Waals surface area contributed by atoms with E-state index in [9.17, 15) is 10.2 Å². The number of fused-ring (bicyclic) bond motifs is 1. The van der Waals surface area contributed by atoms with Crippen molar-refractivity contribution in [2.24, 2.45) is 0 Å². The van der Waals surface area contributed by atoms with Gasteiger partial charge in [0.25, 0.3) is 0 Å². The van der Waals surface area contributed by atoms with Gasteiger partial charge in [0.1, 0.15) is 18.5 Å². The summed E-state index contributed by atoms with van der Waals surface area (Å²) < 4.78 is 5.80. The highest BCUT2D eigenvalue weighted by molar-refractivity contribution is 5.33. The van der Waals surface area contributed by atoms with Crippen LogP contribution in [0.1, 0.15) is 36.9 Å². The molecule has 2 atom stereocenters. The summed E-state index contributed by atoms with van der Waals surface area (Å²) in [6.45, 7) is 2.57. The van der Waals surface area contributed by atoms with Crippen molar-refractivity contribution in [1.82, 2.24) is 9.88 Å². The first kappa shape index (κ1) is 19.8. The fourth-order valence-electron chi connectivity index (χ4n) is 3.46. The van der Waals surface area contributed by atoms with Crippen LogP contribution in [0.5, 0.6) is 5.75 Å². The monoisotopic (exact) mass is 370 g/mol. The number of hydrogen-bond donors (Lipinski definition) is 2. The van der Waals surface area contributed by atoms with Gasteiger partial charge in [-0.1, -0.05) is 30.7 Å². The summed E-state index contributed by atoms with van der Waals surface area (Å²) in [5, 5.41) is 20.6. The molecule has 3 rings (SSSR count). The number of rotatable bonds is 2. The van der Waals surface area contributed by atoms with Crippen molar-refractivity contribution in [2.75, 3.05) is 19.7 Å². The van der Waals surface area contributed by atoms with E-state index in [0.29, 0.717) is 6.42 Å². The van der Waals surface area contributed by atoms with Gasteiger partial charge < -0.3 is 14.9 Å². The predicted octanol–water partition coefficient (Wildman–Crippen LogP) is 2.80. The zero-order valence-electron chi connectivity index (χ0n) is 15.8. The minimum absolute atomic E-state index is 0.110. The van der Waals surface area contributed by atoms with Gasteiger partial charge in [0, 0.05) is 19.3 Å². The lowest BCUT2D eigenvalue weighted by Crippen LogP contribution is -2.36. The Kier molecular flexibility index (Phi) is 7.63. The van der Waals surface area contributed by atoms with Gasteiger partial charge in [-0.3, -0.25) is 9.88 Å². The number of aliphatic hydroxyl groups excluding tert-OH is 2. The number of nitrogens with zero attached hydrogens (tertiary/aromatic N) is 2. The average Bonchev–Trinajstić information content (AvgIpc) is 2.70. The second kappa shape index (κ2) is 10.4. The number of aromatic nitrogens is 1. The fourth-order valence-corrected chi connectivity index (χ4v) is 3.46. The molecule has 2 heterocycles. The normalized spacial score (nSPS) is 23.0. The molecule has 0 unspecified atom stereocenters. The summed E-state index contributed by atoms with van der Waals surface area (Å²) in [5.41, 5.74) is 2.20. The van der Waals surface area contributed by atoms with Crippen molar-refractivity contribution in [3.05, 3.63) is 59.9 Å². The molecule has 1 aliphatic heterocycles. The molecule has 0 saturated carbocycles. The lowest BCUT2D eigenvalue weighted by Gasteiger charge is -2.26. The van der Waals surface area contributed by atoms with E-state index in [0.717, 1.165) is 56.8 Å². The van der Waals surface area contributed by atoms with Crippen molar-refractivity contribution < 1.29 is 14.9 Å². The van der Waals surface area contributed by atoms with E-state index in [1.54, 1.807) is 0 Å². The van der Waals surface area contributed by atoms with Crippen molar-refractivity contribution in [3.8, 4) is 5.75 Å². The van der Waals surface area contributed by atoms with Gasteiger partial charge in [-0.2, -0.15) is 0 Å². The molecule has 0 fully saturated rings. The third-order valence-corrected chi connectivity index (χ3v) is 5.10. The van der Waals surface area contributed by atoms with E-state index in [4.69, 9.17) is 4.74 Å². The second-order valence-electron chi connectivity index (χ2n) is 7.25. The molecular weight excluding hydrogens is 340 g/mol. The van der Waals surface area contributed by atoms with Crippen LogP contribution in [-0.2, 0) is 13.0 Å². The maximum Gasteiger partial charge on any atom is 0.122 e. The number of pyridine rings is 1. The molecule has 5 nitrogen and oxygen atoms in total. The van der Waals surface area contributed by atoms with E-state index in [1.165, 1.54) is 5.56 Å². The van der Waals surface area contributed by atoms with Crippen LogP contribution >= 0.6 is 0 Å². The van der Waals surface area contributed by atoms with E-state index in [1.807, 2.05) is 42.6 Å². The minimum atomic E-state index is -0.891. The summed E-state index contributed by atoms with van der Waals surface area (Å²) in [6, 6.07) is 13.9. The van der Waals surface area contributed by atoms with Crippen LogP contribution in [0.4, 0.5) is 0 Å². The van der Waals surface area contributed by atoms with Crippen molar-refractivity contribution >= 4 is 0 Å². The molecule has 0 saturated heterocycles. The molecule has 0 radical (unpaired) electrons. The Labute approximate surface area is 161 Å². The topological polar surface area (TPSA) is 65.8 Å². The van der Waals surface area contributed by atoms with Gasteiger partial charge >= 0.3 is 0 Å². The molecule has 0 spiro atoms. The highest BCUT2D eigenvalue weighted by atomic mass is 16.5. The fraction of sp³-hybridized carbons (Fsp3) is 0.500. The maximum atomic E-state index is 10.3. The predicted molar refractivity (Wildman–Crippen MR) is 106 cm³/mol. The zero-order chi connectivity index (χ0) is 18.9. The van der Waals surface area contributed by atoms with Crippen molar-refractivity contribution in [2.45, 2.75) is 50.9 Å². The number of benzene rings is 1. The van der Waals surface area contributed by atoms with Crippen LogP contribution in [0.3, 0.4) is 0 Å². The Morgan fingerprint density at radius 3 is 2.67 bits per heavy atom. The van der Waals surface area contributed by atoms with Gasteiger partial charge in [0.15, 0.2) is 0 Å². The average molecular weight is 370 g/mol. The van der Waals surface area contributed by atoms with Crippen LogP contribution in [0, 0.1) is 0 Å². The Bertz CT molecular complexity index is 680. The lowest BCUT2D eigenvalue weighted by molar-refractivity contribution is -0.0163. The highest BCUT2D eigenvalue weighted by Crippen LogP contribution is 2.21. The molecule has 0 aliphatic carbocycles. The molecule has 2 N–H and O–H groups in total. The van der Waals surface area contributed by atoms with Gasteiger partial charge in [0.05, 0.1) is 11.8 Å². The SMILES string of the molecule is O[C@@H]1COc2ccccc2CCCCCN(Cc2ccccn2)CC[C@@H]1O. The first-order valence-corrected chi connectivity index (χ1v) is 9.91. The molecule has 1 aromatic carbocycles. The summed E-state index contributed by atoms with van der Waals surface area (Å²) in [5.74, 6) is 0.817. The number of aliphatic hydroxyl groups is 2. The summed E-state index contributed by atoms with van der Waals surface area (Å²) in [6.07, 6.45) is 4.97. The Hall–Kier alpha value is -1.95. The minimum Gasteiger partial charge on any atom is -0.491 e. The molecule has 27 heavy (non-hydrogen) atoms. The van der Waals surface area contributed by atoms with Crippen LogP contribution in [0.15, 0.2) is 48.7 Å². The third kappa shape index (κ3) is 6.31. The van der Waals surface area contributed by atoms with Gasteiger partial charge in [-0.05, 0) is 56.0 Å². The Morgan fingerprint density at radius 1 is 0.963 bits per heavy atom.